The second-order valence-electron chi connectivity index (χ2n) is 4.84. The summed E-state index contributed by atoms with van der Waals surface area (Å²) in [5, 5.41) is 7.05. The molecule has 3 rings (SSSR count). The predicted molar refractivity (Wildman–Crippen MR) is 83.7 cm³/mol. The van der Waals surface area contributed by atoms with Crippen LogP contribution in [-0.4, -0.2) is 39.4 Å². The second-order valence-corrected chi connectivity index (χ2v) is 4.84. The predicted octanol–water partition coefficient (Wildman–Crippen LogP) is 0.337. The van der Waals surface area contributed by atoms with Crippen LogP contribution in [0.3, 0.4) is 0 Å². The summed E-state index contributed by atoms with van der Waals surface area (Å²) in [6.45, 7) is -0.0774. The molecule has 3 aromatic rings. The summed E-state index contributed by atoms with van der Waals surface area (Å²) in [7, 11) is 3.11. The molecule has 0 saturated carbocycles. The third-order valence-corrected chi connectivity index (χ3v) is 3.46. The molecular weight excluding hydrogens is 298 g/mol. The maximum Gasteiger partial charge on any atom is 0.264 e. The number of carbonyl (C=O) groups excluding carboxylic acids is 1. The summed E-state index contributed by atoms with van der Waals surface area (Å²) < 4.78 is 7.94. The van der Waals surface area contributed by atoms with E-state index in [1.807, 2.05) is 12.1 Å². The van der Waals surface area contributed by atoms with Crippen molar-refractivity contribution in [1.29, 1.82) is 0 Å². The minimum absolute atomic E-state index is 0.0774. The number of ether oxygens (including phenoxy) is 1. The minimum Gasteiger partial charge on any atom is -0.497 e. The third-order valence-electron chi connectivity index (χ3n) is 3.46. The van der Waals surface area contributed by atoms with Crippen molar-refractivity contribution in [2.24, 2.45) is 0 Å². The van der Waals surface area contributed by atoms with E-state index >= 15 is 0 Å². The van der Waals surface area contributed by atoms with E-state index in [9.17, 15) is 9.59 Å². The smallest absolute Gasteiger partial charge is 0.264 e. The van der Waals surface area contributed by atoms with Gasteiger partial charge in [-0.25, -0.2) is 9.67 Å². The van der Waals surface area contributed by atoms with Gasteiger partial charge in [-0.2, -0.15) is 5.10 Å². The molecule has 0 atom stereocenters. The van der Waals surface area contributed by atoms with Crippen molar-refractivity contribution in [2.75, 3.05) is 14.2 Å². The largest absolute Gasteiger partial charge is 0.497 e. The van der Waals surface area contributed by atoms with Gasteiger partial charge in [-0.1, -0.05) is 0 Å². The number of likely N-dealkylation sites (N-methyl/N-ethyl adjacent to an activating group) is 1. The minimum atomic E-state index is -0.307. The Labute approximate surface area is 131 Å². The lowest BCUT2D eigenvalue weighted by atomic mass is 10.3. The van der Waals surface area contributed by atoms with E-state index in [-0.39, 0.29) is 18.0 Å². The van der Waals surface area contributed by atoms with Gasteiger partial charge in [-0.05, 0) is 24.3 Å². The third kappa shape index (κ3) is 2.66. The lowest BCUT2D eigenvalue weighted by Gasteiger charge is -2.06. The maximum absolute atomic E-state index is 12.4. The summed E-state index contributed by atoms with van der Waals surface area (Å²) in [4.78, 5) is 28.1. The van der Waals surface area contributed by atoms with E-state index in [0.29, 0.717) is 11.0 Å². The Hall–Kier alpha value is -3.16. The number of carbonyl (C=O) groups is 1. The Morgan fingerprint density at radius 3 is 2.70 bits per heavy atom. The number of nitrogens with zero attached hydrogens (tertiary/aromatic N) is 4. The Balaban J connectivity index is 2.05. The van der Waals surface area contributed by atoms with Crippen LogP contribution in [-0.2, 0) is 11.3 Å². The topological polar surface area (TPSA) is 91.0 Å². The van der Waals surface area contributed by atoms with Crippen LogP contribution in [0.4, 0.5) is 0 Å². The van der Waals surface area contributed by atoms with Crippen molar-refractivity contribution in [1.82, 2.24) is 24.6 Å². The number of fused-ring (bicyclic) bond motifs is 1. The lowest BCUT2D eigenvalue weighted by molar-refractivity contribution is -0.121. The van der Waals surface area contributed by atoms with E-state index in [1.54, 1.807) is 23.9 Å². The highest BCUT2D eigenvalue weighted by Gasteiger charge is 2.12. The first-order valence-corrected chi connectivity index (χ1v) is 6.92. The molecule has 118 valence electrons. The highest BCUT2D eigenvalue weighted by atomic mass is 16.5. The van der Waals surface area contributed by atoms with Gasteiger partial charge in [0.15, 0.2) is 5.65 Å². The van der Waals surface area contributed by atoms with Gasteiger partial charge < -0.3 is 10.1 Å². The number of benzene rings is 1. The fourth-order valence-electron chi connectivity index (χ4n) is 2.21. The zero-order valence-electron chi connectivity index (χ0n) is 12.7. The molecule has 0 spiro atoms. The molecule has 0 radical (unpaired) electrons. The van der Waals surface area contributed by atoms with Gasteiger partial charge in [0.05, 0.1) is 19.0 Å². The first kappa shape index (κ1) is 14.8. The zero-order chi connectivity index (χ0) is 16.4. The van der Waals surface area contributed by atoms with E-state index in [1.165, 1.54) is 24.1 Å². The normalized spacial score (nSPS) is 10.7. The summed E-state index contributed by atoms with van der Waals surface area (Å²) >= 11 is 0. The summed E-state index contributed by atoms with van der Waals surface area (Å²) in [6, 6.07) is 7.25. The zero-order valence-corrected chi connectivity index (χ0v) is 12.7. The fourth-order valence-corrected chi connectivity index (χ4v) is 2.21. The van der Waals surface area contributed by atoms with E-state index in [2.05, 4.69) is 15.4 Å². The van der Waals surface area contributed by atoms with Gasteiger partial charge >= 0.3 is 0 Å². The molecular formula is C15H15N5O3. The number of amides is 1. The van der Waals surface area contributed by atoms with Gasteiger partial charge in [-0.3, -0.25) is 14.2 Å². The van der Waals surface area contributed by atoms with Crippen LogP contribution in [0, 0.1) is 0 Å². The van der Waals surface area contributed by atoms with Crippen molar-refractivity contribution in [3.63, 3.8) is 0 Å². The van der Waals surface area contributed by atoms with Crippen molar-refractivity contribution < 1.29 is 9.53 Å². The second kappa shape index (κ2) is 5.91. The Kier molecular flexibility index (Phi) is 3.80. The van der Waals surface area contributed by atoms with E-state index in [0.717, 1.165) is 11.4 Å². The molecule has 2 aromatic heterocycles. The van der Waals surface area contributed by atoms with Crippen molar-refractivity contribution in [3.8, 4) is 11.4 Å². The number of rotatable bonds is 4. The van der Waals surface area contributed by atoms with Crippen molar-refractivity contribution in [3.05, 3.63) is 47.1 Å². The number of nitrogens with one attached hydrogen (secondary N) is 1. The Bertz CT molecular complexity index is 911. The summed E-state index contributed by atoms with van der Waals surface area (Å²) in [5.74, 6) is 0.460. The van der Waals surface area contributed by atoms with Gasteiger partial charge in [-0.15, -0.1) is 0 Å². The van der Waals surface area contributed by atoms with Crippen LogP contribution in [0.2, 0.25) is 0 Å². The van der Waals surface area contributed by atoms with Gasteiger partial charge in [0.25, 0.3) is 5.56 Å². The summed E-state index contributed by atoms with van der Waals surface area (Å²) in [6.07, 6.45) is 2.80. The van der Waals surface area contributed by atoms with Crippen LogP contribution < -0.4 is 15.6 Å². The Morgan fingerprint density at radius 2 is 2.04 bits per heavy atom. The molecule has 0 fully saturated rings. The SMILES string of the molecule is CNC(=O)Cn1cnc2c(cnn2-c2ccc(OC)cc2)c1=O. The van der Waals surface area contributed by atoms with Crippen LogP contribution >= 0.6 is 0 Å². The lowest BCUT2D eigenvalue weighted by Crippen LogP contribution is -2.30. The number of hydrogen-bond acceptors (Lipinski definition) is 5. The standard InChI is InChI=1S/C15H15N5O3/c1-16-13(21)8-19-9-17-14-12(15(19)22)7-18-20(14)10-3-5-11(23-2)6-4-10/h3-7,9H,8H2,1-2H3,(H,16,21). The molecule has 1 amide bonds. The molecule has 0 aliphatic rings. The maximum atomic E-state index is 12.4. The molecule has 0 aliphatic heterocycles. The van der Waals surface area contributed by atoms with Crippen molar-refractivity contribution >= 4 is 16.9 Å². The Morgan fingerprint density at radius 1 is 1.30 bits per heavy atom. The summed E-state index contributed by atoms with van der Waals surface area (Å²) in [5.41, 5.74) is 0.892. The molecule has 0 saturated heterocycles. The molecule has 0 bridgehead atoms. The number of aromatic nitrogens is 4. The molecule has 1 aromatic carbocycles. The highest BCUT2D eigenvalue weighted by Crippen LogP contribution is 2.17. The number of methoxy groups -OCH3 is 1. The molecule has 23 heavy (non-hydrogen) atoms. The molecule has 0 unspecified atom stereocenters. The number of hydrogen-bond donors (Lipinski definition) is 1. The monoisotopic (exact) mass is 313 g/mol. The van der Waals surface area contributed by atoms with Crippen LogP contribution in [0.1, 0.15) is 0 Å². The molecule has 0 aliphatic carbocycles. The fraction of sp³-hybridized carbons (Fsp3) is 0.200. The molecule has 8 nitrogen and oxygen atoms in total. The van der Waals surface area contributed by atoms with E-state index in [4.69, 9.17) is 4.74 Å². The van der Waals surface area contributed by atoms with Crippen LogP contribution in [0.15, 0.2) is 41.6 Å². The van der Waals surface area contributed by atoms with E-state index < -0.39 is 0 Å². The van der Waals surface area contributed by atoms with Gasteiger partial charge in [0, 0.05) is 7.05 Å². The average molecular weight is 313 g/mol. The van der Waals surface area contributed by atoms with Gasteiger partial charge in [0.2, 0.25) is 5.91 Å². The molecule has 1 N–H and O–H groups in total. The average Bonchev–Trinajstić information content (AvgIpc) is 3.02. The van der Waals surface area contributed by atoms with Crippen LogP contribution in [0.5, 0.6) is 5.75 Å². The quantitative estimate of drug-likeness (QED) is 0.750. The molecule has 8 heteroatoms. The first-order valence-electron chi connectivity index (χ1n) is 6.92. The highest BCUT2D eigenvalue weighted by molar-refractivity contribution is 5.77. The molecule has 2 heterocycles. The van der Waals surface area contributed by atoms with Crippen molar-refractivity contribution in [2.45, 2.75) is 6.54 Å². The van der Waals surface area contributed by atoms with Gasteiger partial charge in [0.1, 0.15) is 24.0 Å². The first-order chi connectivity index (χ1) is 11.1. The van der Waals surface area contributed by atoms with Crippen LogP contribution in [0.25, 0.3) is 16.7 Å².